The SMILES string of the molecule is COc1ccc2ccc(=O)oc2c1C1=NN(c2ccc(S(N)(=O)=O)cc2)C(c2ccc(C(F)(F)F)cc2)C1. The number of primary sulfonamides is 1. The zero-order valence-corrected chi connectivity index (χ0v) is 20.6. The van der Waals surface area contributed by atoms with Gasteiger partial charge in [-0.25, -0.2) is 18.4 Å². The minimum atomic E-state index is -4.49. The number of fused-ring (bicyclic) bond motifs is 1. The highest BCUT2D eigenvalue weighted by molar-refractivity contribution is 7.89. The summed E-state index contributed by atoms with van der Waals surface area (Å²) >= 11 is 0. The first-order chi connectivity index (χ1) is 18.0. The van der Waals surface area contributed by atoms with Gasteiger partial charge >= 0.3 is 11.8 Å². The predicted octanol–water partition coefficient (Wildman–Crippen LogP) is 4.82. The molecule has 0 spiro atoms. The number of nitrogens with two attached hydrogens (primary N) is 1. The van der Waals surface area contributed by atoms with Crippen LogP contribution in [-0.2, 0) is 16.2 Å². The molecule has 2 heterocycles. The fraction of sp³-hybridized carbons (Fsp3) is 0.154. The van der Waals surface area contributed by atoms with Crippen LogP contribution in [0.25, 0.3) is 11.0 Å². The van der Waals surface area contributed by atoms with Crippen LogP contribution >= 0.6 is 0 Å². The average molecular weight is 544 g/mol. The Balaban J connectivity index is 1.66. The third-order valence-corrected chi connectivity index (χ3v) is 7.15. The van der Waals surface area contributed by atoms with Crippen LogP contribution in [0, 0.1) is 0 Å². The quantitative estimate of drug-likeness (QED) is 0.361. The lowest BCUT2D eigenvalue weighted by atomic mass is 9.96. The molecule has 1 atom stereocenters. The molecule has 0 amide bonds. The molecule has 0 bridgehead atoms. The number of alkyl halides is 3. The molecule has 4 aromatic rings. The summed E-state index contributed by atoms with van der Waals surface area (Å²) in [6.45, 7) is 0. The standard InChI is InChI=1S/C26H20F3N3O5S/c1-36-22-12-4-16-5-13-23(33)37-25(16)24(22)20-14-21(15-2-6-17(7-3-15)26(27,28)29)32(31-20)18-8-10-19(11-9-18)38(30,34)35/h2-13,21H,14H2,1H3,(H2,30,34,35). The Morgan fingerprint density at radius 3 is 2.26 bits per heavy atom. The number of rotatable bonds is 5. The number of anilines is 1. The van der Waals surface area contributed by atoms with Gasteiger partial charge in [0.15, 0.2) is 5.58 Å². The van der Waals surface area contributed by atoms with Gasteiger partial charge in [0.1, 0.15) is 5.75 Å². The molecule has 1 aliphatic rings. The topological polar surface area (TPSA) is 115 Å². The van der Waals surface area contributed by atoms with E-state index >= 15 is 0 Å². The number of hydrogen-bond acceptors (Lipinski definition) is 7. The molecular weight excluding hydrogens is 523 g/mol. The highest BCUT2D eigenvalue weighted by atomic mass is 32.2. The average Bonchev–Trinajstić information content (AvgIpc) is 3.32. The smallest absolute Gasteiger partial charge is 0.416 e. The zero-order chi connectivity index (χ0) is 27.2. The summed E-state index contributed by atoms with van der Waals surface area (Å²) < 4.78 is 74.0. The van der Waals surface area contributed by atoms with Crippen molar-refractivity contribution in [3.05, 3.63) is 99.9 Å². The van der Waals surface area contributed by atoms with E-state index in [1.807, 2.05) is 0 Å². The summed E-state index contributed by atoms with van der Waals surface area (Å²) in [5.74, 6) is 0.392. The van der Waals surface area contributed by atoms with Crippen LogP contribution in [0.5, 0.6) is 5.75 Å². The van der Waals surface area contributed by atoms with Crippen molar-refractivity contribution >= 4 is 32.4 Å². The van der Waals surface area contributed by atoms with Gasteiger partial charge in [0, 0.05) is 17.9 Å². The fourth-order valence-corrected chi connectivity index (χ4v) is 4.91. The lowest BCUT2D eigenvalue weighted by Crippen LogP contribution is -2.19. The number of hydrazone groups is 1. The highest BCUT2D eigenvalue weighted by Gasteiger charge is 2.34. The summed E-state index contributed by atoms with van der Waals surface area (Å²) in [6, 6.07) is 16.1. The zero-order valence-electron chi connectivity index (χ0n) is 19.8. The number of halogens is 3. The molecule has 12 heteroatoms. The van der Waals surface area contributed by atoms with Crippen LogP contribution in [-0.4, -0.2) is 21.2 Å². The second-order valence-electron chi connectivity index (χ2n) is 8.59. The van der Waals surface area contributed by atoms with E-state index in [0.717, 1.165) is 12.1 Å². The van der Waals surface area contributed by atoms with Gasteiger partial charge in [-0.3, -0.25) is 5.01 Å². The van der Waals surface area contributed by atoms with Crippen LogP contribution in [0.15, 0.2) is 92.0 Å². The van der Waals surface area contributed by atoms with Crippen LogP contribution in [0.3, 0.4) is 0 Å². The van der Waals surface area contributed by atoms with Gasteiger partial charge in [0.2, 0.25) is 10.0 Å². The molecule has 1 aromatic heterocycles. The first-order valence-electron chi connectivity index (χ1n) is 11.2. The van der Waals surface area contributed by atoms with Gasteiger partial charge in [-0.05, 0) is 60.2 Å². The number of nitrogens with zero attached hydrogens (tertiary/aromatic N) is 2. The molecule has 38 heavy (non-hydrogen) atoms. The first-order valence-corrected chi connectivity index (χ1v) is 12.8. The minimum absolute atomic E-state index is 0.103. The van der Waals surface area contributed by atoms with Gasteiger partial charge in [0.05, 0.1) is 40.6 Å². The largest absolute Gasteiger partial charge is 0.496 e. The second kappa shape index (κ2) is 9.30. The van der Waals surface area contributed by atoms with Crippen molar-refractivity contribution in [3.8, 4) is 5.75 Å². The fourth-order valence-electron chi connectivity index (χ4n) is 4.40. The van der Waals surface area contributed by atoms with Crippen molar-refractivity contribution in [2.45, 2.75) is 23.5 Å². The second-order valence-corrected chi connectivity index (χ2v) is 10.1. The lowest BCUT2D eigenvalue weighted by Gasteiger charge is -2.24. The molecule has 0 fully saturated rings. The molecule has 0 aliphatic carbocycles. The molecule has 8 nitrogen and oxygen atoms in total. The van der Waals surface area contributed by atoms with Crippen molar-refractivity contribution in [2.75, 3.05) is 12.1 Å². The molecule has 5 rings (SSSR count). The monoisotopic (exact) mass is 543 g/mol. The van der Waals surface area contributed by atoms with Crippen LogP contribution in [0.1, 0.15) is 29.2 Å². The van der Waals surface area contributed by atoms with Gasteiger partial charge in [-0.2, -0.15) is 18.3 Å². The Kier molecular flexibility index (Phi) is 6.24. The Morgan fingerprint density at radius 2 is 1.66 bits per heavy atom. The van der Waals surface area contributed by atoms with Gasteiger partial charge in [0.25, 0.3) is 0 Å². The molecule has 1 unspecified atom stereocenters. The van der Waals surface area contributed by atoms with Gasteiger partial charge < -0.3 is 9.15 Å². The van der Waals surface area contributed by atoms with E-state index in [2.05, 4.69) is 0 Å². The molecule has 0 saturated carbocycles. The minimum Gasteiger partial charge on any atom is -0.496 e. The van der Waals surface area contributed by atoms with Crippen LogP contribution in [0.2, 0.25) is 0 Å². The molecule has 0 saturated heterocycles. The van der Waals surface area contributed by atoms with E-state index < -0.39 is 33.4 Å². The van der Waals surface area contributed by atoms with Crippen molar-refractivity contribution in [2.24, 2.45) is 10.2 Å². The van der Waals surface area contributed by atoms with Crippen molar-refractivity contribution < 1.29 is 30.7 Å². The molecular formula is C26H20F3N3O5S. The van der Waals surface area contributed by atoms with E-state index in [4.69, 9.17) is 19.4 Å². The first kappa shape index (κ1) is 25.5. The highest BCUT2D eigenvalue weighted by Crippen LogP contribution is 2.41. The summed E-state index contributed by atoms with van der Waals surface area (Å²) in [6.07, 6.45) is -4.27. The molecule has 3 aromatic carbocycles. The van der Waals surface area contributed by atoms with Crippen molar-refractivity contribution in [1.82, 2.24) is 0 Å². The van der Waals surface area contributed by atoms with E-state index in [1.54, 1.807) is 23.2 Å². The van der Waals surface area contributed by atoms with Crippen molar-refractivity contribution in [3.63, 3.8) is 0 Å². The summed E-state index contributed by atoms with van der Waals surface area (Å²) in [5, 5.41) is 12.2. The number of benzene rings is 3. The van der Waals surface area contributed by atoms with E-state index in [1.165, 1.54) is 49.6 Å². The molecule has 2 N–H and O–H groups in total. The predicted molar refractivity (Wildman–Crippen MR) is 135 cm³/mol. The molecule has 196 valence electrons. The number of hydrogen-bond donors (Lipinski definition) is 1. The Labute approximate surface area is 214 Å². The maximum absolute atomic E-state index is 13.2. The maximum Gasteiger partial charge on any atom is 0.416 e. The number of methoxy groups -OCH3 is 1. The van der Waals surface area contributed by atoms with Crippen LogP contribution in [0.4, 0.5) is 18.9 Å². The van der Waals surface area contributed by atoms with E-state index in [9.17, 15) is 26.4 Å². The summed E-state index contributed by atoms with van der Waals surface area (Å²) in [5.41, 5.74) is 0.798. The van der Waals surface area contributed by atoms with Gasteiger partial charge in [-0.1, -0.05) is 12.1 Å². The van der Waals surface area contributed by atoms with E-state index in [-0.39, 0.29) is 16.9 Å². The Morgan fingerprint density at radius 1 is 1.00 bits per heavy atom. The van der Waals surface area contributed by atoms with Crippen molar-refractivity contribution in [1.29, 1.82) is 0 Å². The van der Waals surface area contributed by atoms with Gasteiger partial charge in [-0.15, -0.1) is 0 Å². The Bertz CT molecular complexity index is 1710. The lowest BCUT2D eigenvalue weighted by molar-refractivity contribution is -0.137. The third-order valence-electron chi connectivity index (χ3n) is 6.22. The van der Waals surface area contributed by atoms with Crippen LogP contribution < -0.4 is 20.5 Å². The molecule has 1 aliphatic heterocycles. The summed E-state index contributed by atoms with van der Waals surface area (Å²) in [7, 11) is -2.48. The Hall–Kier alpha value is -4.16. The molecule has 0 radical (unpaired) electrons. The number of sulfonamides is 1. The van der Waals surface area contributed by atoms with E-state index in [0.29, 0.717) is 33.7 Å². The summed E-state index contributed by atoms with van der Waals surface area (Å²) in [4.78, 5) is 11.9. The number of ether oxygens (including phenoxy) is 1. The normalized spacial score (nSPS) is 16.1. The third kappa shape index (κ3) is 4.75. The maximum atomic E-state index is 13.2.